The van der Waals surface area contributed by atoms with Crippen molar-refractivity contribution >= 4 is 28.6 Å². The van der Waals surface area contributed by atoms with Gasteiger partial charge in [-0.15, -0.1) is 0 Å². The number of nitrogens with two attached hydrogens (primary N) is 1. The smallest absolute Gasteiger partial charge is 0.201 e. The van der Waals surface area contributed by atoms with Gasteiger partial charge >= 0.3 is 0 Å². The lowest BCUT2D eigenvalue weighted by molar-refractivity contribution is 0.670. The van der Waals surface area contributed by atoms with Crippen LogP contribution in [0.25, 0.3) is 11.0 Å². The van der Waals surface area contributed by atoms with Crippen LogP contribution in [0.15, 0.2) is 30.6 Å². The summed E-state index contributed by atoms with van der Waals surface area (Å²) >= 11 is 5.96. The van der Waals surface area contributed by atoms with Crippen LogP contribution in [-0.4, -0.2) is 19.1 Å². The lowest BCUT2D eigenvalue weighted by Crippen LogP contribution is -2.08. The summed E-state index contributed by atoms with van der Waals surface area (Å²) in [5.74, 6) is 1.53. The molecule has 0 saturated heterocycles. The van der Waals surface area contributed by atoms with Crippen molar-refractivity contribution in [3.8, 4) is 0 Å². The van der Waals surface area contributed by atoms with E-state index in [1.54, 1.807) is 6.20 Å². The Hall–Kier alpha value is -2.01. The number of anilines is 1. The molecule has 3 rings (SSSR count). The first-order valence-corrected chi connectivity index (χ1v) is 6.40. The van der Waals surface area contributed by atoms with Crippen LogP contribution < -0.4 is 5.73 Å². The van der Waals surface area contributed by atoms with Crippen LogP contribution in [0.5, 0.6) is 0 Å². The fourth-order valence-corrected chi connectivity index (χ4v) is 2.37. The van der Waals surface area contributed by atoms with Gasteiger partial charge < -0.3 is 14.9 Å². The van der Waals surface area contributed by atoms with Gasteiger partial charge in [0.15, 0.2) is 0 Å². The molecule has 0 aliphatic carbocycles. The van der Waals surface area contributed by atoms with E-state index >= 15 is 0 Å². The van der Waals surface area contributed by atoms with Crippen molar-refractivity contribution in [1.29, 1.82) is 0 Å². The summed E-state index contributed by atoms with van der Waals surface area (Å²) in [6, 6.07) is 5.62. The summed E-state index contributed by atoms with van der Waals surface area (Å²) in [7, 11) is 1.98. The SMILES string of the molecule is Cn1ccnc1CCn1c(N)nc2cc(Cl)ccc21. The molecule has 0 atom stereocenters. The van der Waals surface area contributed by atoms with Gasteiger partial charge in [-0.2, -0.15) is 0 Å². The zero-order valence-corrected chi connectivity index (χ0v) is 11.3. The molecule has 0 saturated carbocycles. The molecule has 98 valence electrons. The number of benzene rings is 1. The summed E-state index contributed by atoms with van der Waals surface area (Å²) in [4.78, 5) is 8.63. The Kier molecular flexibility index (Phi) is 2.91. The van der Waals surface area contributed by atoms with Gasteiger partial charge in [0.05, 0.1) is 11.0 Å². The van der Waals surface area contributed by atoms with Crippen molar-refractivity contribution in [3.63, 3.8) is 0 Å². The molecule has 2 N–H and O–H groups in total. The molecule has 0 radical (unpaired) electrons. The van der Waals surface area contributed by atoms with E-state index in [1.165, 1.54) is 0 Å². The maximum absolute atomic E-state index is 5.96. The van der Waals surface area contributed by atoms with Crippen LogP contribution in [0.1, 0.15) is 5.82 Å². The Balaban J connectivity index is 1.92. The Labute approximate surface area is 115 Å². The number of fused-ring (bicyclic) bond motifs is 1. The summed E-state index contributed by atoms with van der Waals surface area (Å²) in [6.07, 6.45) is 4.54. The van der Waals surface area contributed by atoms with Crippen molar-refractivity contribution in [2.45, 2.75) is 13.0 Å². The third kappa shape index (κ3) is 2.17. The van der Waals surface area contributed by atoms with E-state index in [2.05, 4.69) is 9.97 Å². The second-order valence-corrected chi connectivity index (χ2v) is 4.90. The number of halogens is 1. The van der Waals surface area contributed by atoms with Crippen molar-refractivity contribution in [1.82, 2.24) is 19.1 Å². The quantitative estimate of drug-likeness (QED) is 0.797. The summed E-state index contributed by atoms with van der Waals surface area (Å²) in [6.45, 7) is 0.745. The number of nitrogen functional groups attached to an aromatic ring is 1. The van der Waals surface area contributed by atoms with Crippen molar-refractivity contribution in [2.24, 2.45) is 7.05 Å². The van der Waals surface area contributed by atoms with Crippen LogP contribution in [-0.2, 0) is 20.0 Å². The van der Waals surface area contributed by atoms with Gasteiger partial charge in [-0.25, -0.2) is 9.97 Å². The Morgan fingerprint density at radius 3 is 2.95 bits per heavy atom. The third-order valence-electron chi connectivity index (χ3n) is 3.22. The first kappa shape index (κ1) is 12.0. The molecular weight excluding hydrogens is 262 g/mol. The number of hydrogen-bond donors (Lipinski definition) is 1. The van der Waals surface area contributed by atoms with Gasteiger partial charge in [-0.1, -0.05) is 11.6 Å². The van der Waals surface area contributed by atoms with E-state index in [9.17, 15) is 0 Å². The highest BCUT2D eigenvalue weighted by Gasteiger charge is 2.09. The number of aromatic nitrogens is 4. The average Bonchev–Trinajstić information content (AvgIpc) is 2.90. The number of rotatable bonds is 3. The number of hydrogen-bond acceptors (Lipinski definition) is 3. The molecule has 19 heavy (non-hydrogen) atoms. The molecule has 0 unspecified atom stereocenters. The standard InChI is InChI=1S/C13H14ClN5/c1-18-7-5-16-12(18)4-6-19-11-3-2-9(14)8-10(11)17-13(19)15/h2-3,5,7-8H,4,6H2,1H3,(H2,15,17). The molecule has 6 heteroatoms. The monoisotopic (exact) mass is 275 g/mol. The second kappa shape index (κ2) is 4.59. The zero-order valence-electron chi connectivity index (χ0n) is 10.5. The average molecular weight is 276 g/mol. The van der Waals surface area contributed by atoms with Crippen LogP contribution >= 0.6 is 11.6 Å². The van der Waals surface area contributed by atoms with Gasteiger partial charge in [0.25, 0.3) is 0 Å². The van der Waals surface area contributed by atoms with E-state index in [4.69, 9.17) is 17.3 Å². The highest BCUT2D eigenvalue weighted by atomic mass is 35.5. The molecule has 2 aromatic heterocycles. The largest absolute Gasteiger partial charge is 0.369 e. The topological polar surface area (TPSA) is 61.7 Å². The van der Waals surface area contributed by atoms with E-state index in [-0.39, 0.29) is 0 Å². The molecule has 0 bridgehead atoms. The third-order valence-corrected chi connectivity index (χ3v) is 3.45. The molecule has 0 spiro atoms. The Bertz CT molecular complexity index is 728. The first-order chi connectivity index (χ1) is 9.15. The highest BCUT2D eigenvalue weighted by molar-refractivity contribution is 6.31. The van der Waals surface area contributed by atoms with Gasteiger partial charge in [-0.3, -0.25) is 0 Å². The molecule has 0 aliphatic rings. The van der Waals surface area contributed by atoms with E-state index in [1.807, 2.05) is 40.6 Å². The number of nitrogens with zero attached hydrogens (tertiary/aromatic N) is 4. The number of imidazole rings is 2. The number of aryl methyl sites for hydroxylation is 3. The Morgan fingerprint density at radius 1 is 1.37 bits per heavy atom. The van der Waals surface area contributed by atoms with Crippen molar-refractivity contribution in [2.75, 3.05) is 5.73 Å². The van der Waals surface area contributed by atoms with E-state index < -0.39 is 0 Å². The summed E-state index contributed by atoms with van der Waals surface area (Å²) in [5.41, 5.74) is 7.78. The molecule has 3 aromatic rings. The van der Waals surface area contributed by atoms with Crippen LogP contribution in [0.4, 0.5) is 5.95 Å². The maximum atomic E-state index is 5.96. The van der Waals surface area contributed by atoms with Gasteiger partial charge in [0.1, 0.15) is 5.82 Å². The van der Waals surface area contributed by atoms with E-state index in [0.29, 0.717) is 11.0 Å². The minimum absolute atomic E-state index is 0.506. The molecule has 0 aliphatic heterocycles. The zero-order chi connectivity index (χ0) is 13.4. The molecule has 0 fully saturated rings. The normalized spacial score (nSPS) is 11.3. The van der Waals surface area contributed by atoms with Crippen molar-refractivity contribution < 1.29 is 0 Å². The lowest BCUT2D eigenvalue weighted by atomic mass is 10.3. The fraction of sp³-hybridized carbons (Fsp3) is 0.231. The molecular formula is C13H14ClN5. The summed E-state index contributed by atoms with van der Waals surface area (Å²) in [5, 5.41) is 0.668. The van der Waals surface area contributed by atoms with Crippen LogP contribution in [0.2, 0.25) is 5.02 Å². The fourth-order valence-electron chi connectivity index (χ4n) is 2.21. The summed E-state index contributed by atoms with van der Waals surface area (Å²) < 4.78 is 3.99. The maximum Gasteiger partial charge on any atom is 0.201 e. The van der Waals surface area contributed by atoms with Crippen LogP contribution in [0.3, 0.4) is 0 Å². The molecule has 1 aromatic carbocycles. The predicted octanol–water partition coefficient (Wildman–Crippen LogP) is 2.25. The van der Waals surface area contributed by atoms with E-state index in [0.717, 1.165) is 29.8 Å². The Morgan fingerprint density at radius 2 is 2.21 bits per heavy atom. The minimum atomic E-state index is 0.506. The van der Waals surface area contributed by atoms with Crippen LogP contribution in [0, 0.1) is 0 Å². The van der Waals surface area contributed by atoms with Gasteiger partial charge in [0, 0.05) is 37.4 Å². The van der Waals surface area contributed by atoms with Crippen molar-refractivity contribution in [3.05, 3.63) is 41.4 Å². The molecule has 5 nitrogen and oxygen atoms in total. The first-order valence-electron chi connectivity index (χ1n) is 6.02. The van der Waals surface area contributed by atoms with Gasteiger partial charge in [-0.05, 0) is 18.2 Å². The molecule has 0 amide bonds. The minimum Gasteiger partial charge on any atom is -0.369 e. The van der Waals surface area contributed by atoms with Gasteiger partial charge in [0.2, 0.25) is 5.95 Å². The molecule has 2 heterocycles. The predicted molar refractivity (Wildman–Crippen MR) is 76.1 cm³/mol. The highest BCUT2D eigenvalue weighted by Crippen LogP contribution is 2.21. The second-order valence-electron chi connectivity index (χ2n) is 4.46. The lowest BCUT2D eigenvalue weighted by Gasteiger charge is -2.06.